The van der Waals surface area contributed by atoms with E-state index in [2.05, 4.69) is 62.0 Å². The molecule has 3 nitrogen and oxygen atoms in total. The quantitative estimate of drug-likeness (QED) is 0.643. The molecule has 1 saturated heterocycles. The van der Waals surface area contributed by atoms with E-state index in [1.807, 2.05) is 6.20 Å². The Hall–Kier alpha value is -1.90. The van der Waals surface area contributed by atoms with Crippen molar-refractivity contribution in [3.8, 4) is 0 Å². The average Bonchev–Trinajstić information content (AvgIpc) is 3.06. The molecular formula is C26H34N2O. The normalized spacial score (nSPS) is 38.7. The molecule has 1 saturated carbocycles. The van der Waals surface area contributed by atoms with Crippen LogP contribution in [-0.2, 0) is 4.79 Å². The van der Waals surface area contributed by atoms with Crippen LogP contribution in [0.5, 0.6) is 0 Å². The van der Waals surface area contributed by atoms with Crippen molar-refractivity contribution in [1.82, 2.24) is 9.88 Å². The van der Waals surface area contributed by atoms with Crippen LogP contribution >= 0.6 is 0 Å². The Morgan fingerprint density at radius 2 is 1.97 bits per heavy atom. The van der Waals surface area contributed by atoms with Crippen LogP contribution in [0.25, 0.3) is 5.57 Å². The summed E-state index contributed by atoms with van der Waals surface area (Å²) in [5, 5.41) is 0. The first-order valence-electron chi connectivity index (χ1n) is 11.5. The third-order valence-corrected chi connectivity index (χ3v) is 9.10. The second-order valence-corrected chi connectivity index (χ2v) is 10.3. The van der Waals surface area contributed by atoms with Gasteiger partial charge in [0.2, 0.25) is 5.91 Å². The fraction of sp³-hybridized carbons (Fsp3) is 0.615. The number of pyridine rings is 1. The van der Waals surface area contributed by atoms with Crippen LogP contribution in [0.2, 0.25) is 0 Å². The minimum Gasteiger partial charge on any atom is -0.316 e. The number of rotatable bonds is 2. The second-order valence-electron chi connectivity index (χ2n) is 10.3. The van der Waals surface area contributed by atoms with E-state index in [1.165, 1.54) is 36.1 Å². The highest BCUT2D eigenvalue weighted by Gasteiger charge is 2.58. The lowest BCUT2D eigenvalue weighted by Gasteiger charge is -2.58. The Labute approximate surface area is 175 Å². The first-order chi connectivity index (χ1) is 13.9. The highest BCUT2D eigenvalue weighted by molar-refractivity contribution is 5.80. The second kappa shape index (κ2) is 6.55. The van der Waals surface area contributed by atoms with Crippen LogP contribution in [0.1, 0.15) is 70.4 Å². The molecule has 0 radical (unpaired) electrons. The number of piperidine rings is 1. The van der Waals surface area contributed by atoms with E-state index in [-0.39, 0.29) is 10.8 Å². The van der Waals surface area contributed by atoms with Gasteiger partial charge in [-0.1, -0.05) is 26.0 Å². The molecule has 2 heterocycles. The summed E-state index contributed by atoms with van der Waals surface area (Å²) >= 11 is 0. The maximum absolute atomic E-state index is 12.5. The number of fused-ring (bicyclic) bond motifs is 5. The number of amides is 1. The summed E-state index contributed by atoms with van der Waals surface area (Å²) in [5.74, 6) is 2.45. The zero-order valence-electron chi connectivity index (χ0n) is 18.4. The summed E-state index contributed by atoms with van der Waals surface area (Å²) in [4.78, 5) is 19.0. The summed E-state index contributed by atoms with van der Waals surface area (Å²) in [5.41, 5.74) is 6.01. The van der Waals surface area contributed by atoms with Crippen LogP contribution in [0, 0.1) is 35.5 Å². The molecule has 3 heteroatoms. The summed E-state index contributed by atoms with van der Waals surface area (Å²) in [6, 6.07) is 2.15. The number of hydrogen-bond acceptors (Lipinski definition) is 2. The third-order valence-electron chi connectivity index (χ3n) is 9.10. The minimum atomic E-state index is 0.168. The number of carbonyl (C=O) groups excluding carboxylic acids is 1. The highest BCUT2D eigenvalue weighted by atomic mass is 16.2. The molecule has 0 N–H and O–H groups in total. The van der Waals surface area contributed by atoms with Crippen LogP contribution in [0.4, 0.5) is 0 Å². The zero-order chi connectivity index (χ0) is 20.4. The molecule has 0 aromatic carbocycles. The van der Waals surface area contributed by atoms with Gasteiger partial charge in [-0.15, -0.1) is 0 Å². The monoisotopic (exact) mass is 390 g/mol. The molecule has 3 aliphatic carbocycles. The third kappa shape index (κ3) is 2.55. The fourth-order valence-corrected chi connectivity index (χ4v) is 7.52. The standard InChI is InChI=1S/C26H34N2O/c1-5-28-23-9-6-18-20-7-8-21(19-16-27-15-12-17(19)2)25(20,3)13-10-22(18)26(23,4)14-11-24(28)29/h8-9,12,15-16,18,20,22H,5-7,10-11,13-14H2,1-4H3/t18-,20-,22-,25-,26+/m0/s1. The van der Waals surface area contributed by atoms with Gasteiger partial charge in [0.05, 0.1) is 0 Å². The van der Waals surface area contributed by atoms with E-state index >= 15 is 0 Å². The highest BCUT2D eigenvalue weighted by Crippen LogP contribution is 2.66. The first-order valence-corrected chi connectivity index (χ1v) is 11.5. The predicted molar refractivity (Wildman–Crippen MR) is 117 cm³/mol. The van der Waals surface area contributed by atoms with Crippen molar-refractivity contribution in [3.63, 3.8) is 0 Å². The van der Waals surface area contributed by atoms with Gasteiger partial charge in [0.25, 0.3) is 0 Å². The van der Waals surface area contributed by atoms with E-state index in [4.69, 9.17) is 0 Å². The smallest absolute Gasteiger partial charge is 0.226 e. The van der Waals surface area contributed by atoms with Crippen LogP contribution in [0.15, 0.2) is 36.3 Å². The molecule has 5 atom stereocenters. The molecule has 0 unspecified atom stereocenters. The number of likely N-dealkylation sites (tertiary alicyclic amines) is 1. The summed E-state index contributed by atoms with van der Waals surface area (Å²) in [7, 11) is 0. The van der Waals surface area contributed by atoms with Gasteiger partial charge >= 0.3 is 0 Å². The minimum absolute atomic E-state index is 0.168. The molecule has 4 aliphatic rings. The van der Waals surface area contributed by atoms with Gasteiger partial charge in [0.15, 0.2) is 0 Å². The van der Waals surface area contributed by atoms with Gasteiger partial charge in [-0.2, -0.15) is 0 Å². The molecule has 0 spiro atoms. The Morgan fingerprint density at radius 3 is 2.72 bits per heavy atom. The Kier molecular flexibility index (Phi) is 4.31. The van der Waals surface area contributed by atoms with E-state index in [9.17, 15) is 4.79 Å². The SMILES string of the molecule is CCN1C(=O)CC[C@@]2(C)C1=CC[C@@H]1[C@@H]2CC[C@]2(C)C(c3cnccc3C)=CC[C@@H]12. The van der Waals surface area contributed by atoms with Gasteiger partial charge in [-0.3, -0.25) is 9.78 Å². The molecular weight excluding hydrogens is 356 g/mol. The molecule has 2 fully saturated rings. The van der Waals surface area contributed by atoms with Gasteiger partial charge in [-0.05, 0) is 91.9 Å². The Morgan fingerprint density at radius 1 is 1.14 bits per heavy atom. The largest absolute Gasteiger partial charge is 0.316 e. The van der Waals surface area contributed by atoms with E-state index in [0.717, 1.165) is 25.3 Å². The summed E-state index contributed by atoms with van der Waals surface area (Å²) in [6.45, 7) is 10.1. The lowest BCUT2D eigenvalue weighted by Crippen LogP contribution is -2.54. The Balaban J connectivity index is 1.50. The molecule has 154 valence electrons. The fourth-order valence-electron chi connectivity index (χ4n) is 7.52. The van der Waals surface area contributed by atoms with Crippen molar-refractivity contribution < 1.29 is 4.79 Å². The molecule has 0 bridgehead atoms. The van der Waals surface area contributed by atoms with Gasteiger partial charge in [0.1, 0.15) is 0 Å². The maximum Gasteiger partial charge on any atom is 0.226 e. The first kappa shape index (κ1) is 19.1. The van der Waals surface area contributed by atoms with Crippen molar-refractivity contribution in [2.45, 2.75) is 66.2 Å². The van der Waals surface area contributed by atoms with Crippen LogP contribution < -0.4 is 0 Å². The lowest BCUT2D eigenvalue weighted by atomic mass is 9.48. The van der Waals surface area contributed by atoms with Gasteiger partial charge < -0.3 is 4.90 Å². The van der Waals surface area contributed by atoms with Crippen LogP contribution in [-0.4, -0.2) is 22.3 Å². The van der Waals surface area contributed by atoms with Gasteiger partial charge in [0, 0.05) is 36.5 Å². The van der Waals surface area contributed by atoms with Crippen LogP contribution in [0.3, 0.4) is 0 Å². The number of hydrogen-bond donors (Lipinski definition) is 0. The van der Waals surface area contributed by atoms with E-state index < -0.39 is 0 Å². The van der Waals surface area contributed by atoms with Crippen molar-refractivity contribution in [3.05, 3.63) is 47.4 Å². The van der Waals surface area contributed by atoms with Crippen molar-refractivity contribution in [2.24, 2.45) is 28.6 Å². The van der Waals surface area contributed by atoms with Crippen molar-refractivity contribution in [2.75, 3.05) is 6.54 Å². The topological polar surface area (TPSA) is 33.2 Å². The lowest BCUT2D eigenvalue weighted by molar-refractivity contribution is -0.136. The number of aromatic nitrogens is 1. The zero-order valence-corrected chi connectivity index (χ0v) is 18.4. The number of allylic oxidation sites excluding steroid dienone is 4. The number of carbonyl (C=O) groups is 1. The Bertz CT molecular complexity index is 915. The molecule has 1 aromatic rings. The molecule has 1 amide bonds. The maximum atomic E-state index is 12.5. The van der Waals surface area contributed by atoms with E-state index in [0.29, 0.717) is 24.2 Å². The van der Waals surface area contributed by atoms with E-state index in [1.54, 1.807) is 5.57 Å². The van der Waals surface area contributed by atoms with Gasteiger partial charge in [-0.25, -0.2) is 0 Å². The molecule has 5 rings (SSSR count). The summed E-state index contributed by atoms with van der Waals surface area (Å²) < 4.78 is 0. The average molecular weight is 391 g/mol. The number of nitrogens with zero attached hydrogens (tertiary/aromatic N) is 2. The number of aryl methyl sites for hydroxylation is 1. The molecule has 1 aromatic heterocycles. The molecule has 29 heavy (non-hydrogen) atoms. The summed E-state index contributed by atoms with van der Waals surface area (Å²) in [6.07, 6.45) is 15.5. The van der Waals surface area contributed by atoms with Crippen molar-refractivity contribution in [1.29, 1.82) is 0 Å². The predicted octanol–water partition coefficient (Wildman–Crippen LogP) is 5.76. The van der Waals surface area contributed by atoms with Crippen molar-refractivity contribution >= 4 is 11.5 Å². The molecule has 1 aliphatic heterocycles.